The summed E-state index contributed by atoms with van der Waals surface area (Å²) in [5.41, 5.74) is 4.50. The number of nitrogens with one attached hydrogen (secondary N) is 2. The maximum atomic E-state index is 12.5. The van der Waals surface area contributed by atoms with Crippen molar-refractivity contribution >= 4 is 40.6 Å². The van der Waals surface area contributed by atoms with Crippen molar-refractivity contribution in [1.82, 2.24) is 14.9 Å². The average Bonchev–Trinajstić information content (AvgIpc) is 3.69. The number of amides is 1. The molecule has 1 aliphatic heterocycles. The second kappa shape index (κ2) is 12.8. The Morgan fingerprint density at radius 2 is 1.70 bits per heavy atom. The minimum Gasteiger partial charge on any atom is -0.484 e. The number of pyridine rings is 1. The Kier molecular flexibility index (Phi) is 8.33. The van der Waals surface area contributed by atoms with Crippen LogP contribution in [-0.4, -0.2) is 40.3 Å². The third-order valence-electron chi connectivity index (χ3n) is 7.27. The zero-order valence-corrected chi connectivity index (χ0v) is 24.6. The van der Waals surface area contributed by atoms with E-state index in [9.17, 15) is 9.59 Å². The number of rotatable bonds is 9. The van der Waals surface area contributed by atoms with Gasteiger partial charge in [0.1, 0.15) is 11.8 Å². The summed E-state index contributed by atoms with van der Waals surface area (Å²) in [7, 11) is 1.37. The number of thiocarbonyl (C=S) groups is 1. The Balaban J connectivity index is 1.30. The largest absolute Gasteiger partial charge is 0.484 e. The van der Waals surface area contributed by atoms with Crippen molar-refractivity contribution in [1.29, 1.82) is 0 Å². The van der Waals surface area contributed by atoms with E-state index in [1.54, 1.807) is 30.5 Å². The first-order valence-electron chi connectivity index (χ1n) is 14.0. The highest BCUT2D eigenvalue weighted by molar-refractivity contribution is 7.80. The first-order chi connectivity index (χ1) is 21.5. The van der Waals surface area contributed by atoms with Crippen molar-refractivity contribution in [2.24, 2.45) is 0 Å². The lowest BCUT2D eigenvalue weighted by molar-refractivity contribution is -0.118. The molecule has 3 heterocycles. The fourth-order valence-electron chi connectivity index (χ4n) is 5.27. The molecule has 0 spiro atoms. The van der Waals surface area contributed by atoms with Crippen molar-refractivity contribution in [3.05, 3.63) is 139 Å². The van der Waals surface area contributed by atoms with Crippen LogP contribution in [0.5, 0.6) is 5.75 Å². The van der Waals surface area contributed by atoms with Crippen LogP contribution in [0.4, 0.5) is 11.4 Å². The van der Waals surface area contributed by atoms with E-state index in [1.165, 1.54) is 7.11 Å². The van der Waals surface area contributed by atoms with Crippen molar-refractivity contribution in [2.75, 3.05) is 23.9 Å². The normalized spacial score (nSPS) is 15.8. The number of methoxy groups -OCH3 is 1. The van der Waals surface area contributed by atoms with Gasteiger partial charge in [0.05, 0.1) is 24.4 Å². The van der Waals surface area contributed by atoms with Gasteiger partial charge in [-0.1, -0.05) is 30.3 Å². The molecule has 0 aliphatic carbocycles. The number of anilines is 2. The van der Waals surface area contributed by atoms with Crippen LogP contribution in [0.15, 0.2) is 122 Å². The Morgan fingerprint density at radius 3 is 2.45 bits per heavy atom. The monoisotopic (exact) mass is 603 g/mol. The first-order valence-corrected chi connectivity index (χ1v) is 14.4. The van der Waals surface area contributed by atoms with E-state index in [0.29, 0.717) is 22.1 Å². The predicted octanol–water partition coefficient (Wildman–Crippen LogP) is 5.85. The van der Waals surface area contributed by atoms with Gasteiger partial charge in [-0.3, -0.25) is 9.78 Å². The van der Waals surface area contributed by atoms with Gasteiger partial charge in [-0.05, 0) is 91.1 Å². The molecule has 44 heavy (non-hydrogen) atoms. The van der Waals surface area contributed by atoms with Gasteiger partial charge in [0.2, 0.25) is 0 Å². The molecule has 0 radical (unpaired) electrons. The molecule has 0 saturated carbocycles. The Labute approximate surface area is 260 Å². The fraction of sp³-hybridized carbons (Fsp3) is 0.118. The van der Waals surface area contributed by atoms with E-state index in [2.05, 4.69) is 20.5 Å². The third kappa shape index (κ3) is 6.02. The molecule has 220 valence electrons. The maximum absolute atomic E-state index is 12.5. The van der Waals surface area contributed by atoms with Gasteiger partial charge in [0, 0.05) is 35.1 Å². The lowest BCUT2D eigenvalue weighted by atomic mass is 10.0. The van der Waals surface area contributed by atoms with Crippen LogP contribution in [0.3, 0.4) is 0 Å². The van der Waals surface area contributed by atoms with Crippen LogP contribution in [0, 0.1) is 0 Å². The summed E-state index contributed by atoms with van der Waals surface area (Å²) in [4.78, 5) is 31.5. The van der Waals surface area contributed by atoms with E-state index in [-0.39, 0.29) is 24.6 Å². The van der Waals surface area contributed by atoms with Crippen LogP contribution < -0.4 is 20.3 Å². The number of ether oxygens (including phenoxy) is 2. The van der Waals surface area contributed by atoms with Crippen LogP contribution in [-0.2, 0) is 9.53 Å². The standard InChI is InChI=1S/C34H29N5O4S/c1-42-33(41)23-9-7-10-26(21-23)38-20-8-14-29(38)32-31(28-13-5-6-19-35-28)37-34(44)39(32)25-17-15-24(16-18-25)36-30(40)22-43-27-11-3-2-4-12-27/h2-21,31-32H,22H2,1H3,(H,36,40)(H,37,44). The van der Waals surface area contributed by atoms with Crippen LogP contribution in [0.2, 0.25) is 0 Å². The number of carbonyl (C=O) groups is 2. The summed E-state index contributed by atoms with van der Waals surface area (Å²) in [6, 6.07) is 33.2. The number of benzene rings is 3. The van der Waals surface area contributed by atoms with Gasteiger partial charge in [-0.25, -0.2) is 4.79 Å². The van der Waals surface area contributed by atoms with Crippen LogP contribution in [0.25, 0.3) is 5.69 Å². The molecule has 2 atom stereocenters. The maximum Gasteiger partial charge on any atom is 0.337 e. The summed E-state index contributed by atoms with van der Waals surface area (Å²) in [5.74, 6) is -0.0422. The second-order valence-electron chi connectivity index (χ2n) is 10.0. The highest BCUT2D eigenvalue weighted by Crippen LogP contribution is 2.42. The highest BCUT2D eigenvalue weighted by Gasteiger charge is 2.42. The summed E-state index contributed by atoms with van der Waals surface area (Å²) in [6.07, 6.45) is 3.72. The molecule has 5 aromatic rings. The molecule has 9 nitrogen and oxygen atoms in total. The summed E-state index contributed by atoms with van der Waals surface area (Å²) in [6.45, 7) is -0.103. The number of hydrogen-bond acceptors (Lipinski definition) is 6. The molecular weight excluding hydrogens is 574 g/mol. The smallest absolute Gasteiger partial charge is 0.337 e. The molecule has 1 fully saturated rings. The predicted molar refractivity (Wildman–Crippen MR) is 172 cm³/mol. The van der Waals surface area contributed by atoms with E-state index in [0.717, 1.165) is 22.8 Å². The van der Waals surface area contributed by atoms with Gasteiger partial charge < -0.3 is 29.6 Å². The van der Waals surface area contributed by atoms with E-state index < -0.39 is 5.97 Å². The van der Waals surface area contributed by atoms with Gasteiger partial charge in [-0.2, -0.15) is 0 Å². The first kappa shape index (κ1) is 28.6. The summed E-state index contributed by atoms with van der Waals surface area (Å²) in [5, 5.41) is 6.89. The van der Waals surface area contributed by atoms with Crippen molar-refractivity contribution in [3.8, 4) is 11.4 Å². The zero-order chi connectivity index (χ0) is 30.5. The van der Waals surface area contributed by atoms with Crippen molar-refractivity contribution < 1.29 is 19.1 Å². The number of para-hydroxylation sites is 1. The summed E-state index contributed by atoms with van der Waals surface area (Å²) < 4.78 is 12.5. The Morgan fingerprint density at radius 1 is 0.909 bits per heavy atom. The number of nitrogens with zero attached hydrogens (tertiary/aromatic N) is 3. The number of carbonyl (C=O) groups excluding carboxylic acids is 2. The minimum absolute atomic E-state index is 0.103. The highest BCUT2D eigenvalue weighted by atomic mass is 32.1. The van der Waals surface area contributed by atoms with Crippen molar-refractivity contribution in [3.63, 3.8) is 0 Å². The molecule has 1 aliphatic rings. The van der Waals surface area contributed by atoms with Gasteiger partial charge in [0.15, 0.2) is 11.7 Å². The second-order valence-corrected chi connectivity index (χ2v) is 10.4. The number of esters is 1. The topological polar surface area (TPSA) is 97.7 Å². The molecule has 2 aromatic heterocycles. The molecule has 0 bridgehead atoms. The third-order valence-corrected chi connectivity index (χ3v) is 7.58. The van der Waals surface area contributed by atoms with Gasteiger partial charge in [-0.15, -0.1) is 0 Å². The molecule has 2 N–H and O–H groups in total. The number of hydrogen-bond donors (Lipinski definition) is 2. The average molecular weight is 604 g/mol. The minimum atomic E-state index is -0.406. The molecule has 6 rings (SSSR count). The zero-order valence-electron chi connectivity index (χ0n) is 23.8. The van der Waals surface area contributed by atoms with E-state index >= 15 is 0 Å². The molecule has 1 saturated heterocycles. The molecular formula is C34H29N5O4S. The number of aromatic nitrogens is 2. The van der Waals surface area contributed by atoms with Crippen LogP contribution >= 0.6 is 12.2 Å². The SMILES string of the molecule is COC(=O)c1cccc(-n2cccc2C2C(c3ccccn3)NC(=S)N2c2ccc(NC(=O)COc3ccccc3)cc2)c1. The molecule has 3 aromatic carbocycles. The van der Waals surface area contributed by atoms with Gasteiger partial charge >= 0.3 is 5.97 Å². The van der Waals surface area contributed by atoms with E-state index in [1.807, 2.05) is 95.7 Å². The lowest BCUT2D eigenvalue weighted by Gasteiger charge is -2.29. The Hall–Kier alpha value is -5.48. The molecule has 1 amide bonds. The van der Waals surface area contributed by atoms with Crippen molar-refractivity contribution in [2.45, 2.75) is 12.1 Å². The van der Waals surface area contributed by atoms with E-state index in [4.69, 9.17) is 21.7 Å². The van der Waals surface area contributed by atoms with Crippen LogP contribution in [0.1, 0.15) is 33.8 Å². The quantitative estimate of drug-likeness (QED) is 0.160. The lowest BCUT2D eigenvalue weighted by Crippen LogP contribution is -2.30. The van der Waals surface area contributed by atoms with Gasteiger partial charge in [0.25, 0.3) is 5.91 Å². The summed E-state index contributed by atoms with van der Waals surface area (Å²) >= 11 is 5.90. The molecule has 10 heteroatoms. The molecule has 2 unspecified atom stereocenters. The Bertz CT molecular complexity index is 1780. The fourth-order valence-corrected chi connectivity index (χ4v) is 5.62.